The normalized spacial score (nSPS) is 17.0. The molecule has 2 aromatic rings. The molecule has 2 heterocycles. The molecule has 0 aliphatic carbocycles. The molecule has 1 saturated heterocycles. The standard InChI is InChI=1S/C17H20ClN3O3/c1-12(22)11-20-5-7-21(8-6-20)17(23)16-10-15(19-24-16)13-3-2-4-14(18)9-13/h2-4,9-10,12,22H,5-8,11H2,1H3/t12-/m1/s1. The number of halogens is 1. The van der Waals surface area contributed by atoms with Gasteiger partial charge in [0, 0.05) is 49.4 Å². The number of hydrogen-bond acceptors (Lipinski definition) is 5. The zero-order valence-electron chi connectivity index (χ0n) is 13.5. The van der Waals surface area contributed by atoms with Crippen molar-refractivity contribution in [3.8, 4) is 11.3 Å². The number of rotatable bonds is 4. The van der Waals surface area contributed by atoms with E-state index in [0.717, 1.165) is 18.7 Å². The van der Waals surface area contributed by atoms with Crippen LogP contribution in [0.5, 0.6) is 0 Å². The number of nitrogens with zero attached hydrogens (tertiary/aromatic N) is 3. The van der Waals surface area contributed by atoms with Crippen molar-refractivity contribution in [2.24, 2.45) is 0 Å². The third kappa shape index (κ3) is 3.95. The molecule has 24 heavy (non-hydrogen) atoms. The molecule has 1 amide bonds. The van der Waals surface area contributed by atoms with Gasteiger partial charge in [0.25, 0.3) is 5.91 Å². The van der Waals surface area contributed by atoms with Gasteiger partial charge >= 0.3 is 0 Å². The highest BCUT2D eigenvalue weighted by atomic mass is 35.5. The Balaban J connectivity index is 1.64. The summed E-state index contributed by atoms with van der Waals surface area (Å²) in [6.07, 6.45) is -0.359. The molecule has 1 N–H and O–H groups in total. The monoisotopic (exact) mass is 349 g/mol. The Morgan fingerprint density at radius 3 is 2.75 bits per heavy atom. The summed E-state index contributed by atoms with van der Waals surface area (Å²) in [5, 5.41) is 14.0. The molecule has 1 aromatic heterocycles. The molecule has 1 aromatic carbocycles. The molecule has 1 aliphatic rings. The lowest BCUT2D eigenvalue weighted by atomic mass is 10.1. The van der Waals surface area contributed by atoms with Crippen LogP contribution < -0.4 is 0 Å². The van der Waals surface area contributed by atoms with Crippen molar-refractivity contribution in [2.45, 2.75) is 13.0 Å². The fourth-order valence-electron chi connectivity index (χ4n) is 2.82. The summed E-state index contributed by atoms with van der Waals surface area (Å²) in [6, 6.07) is 8.91. The molecular formula is C17H20ClN3O3. The minimum atomic E-state index is -0.359. The number of carbonyl (C=O) groups excluding carboxylic acids is 1. The number of β-amino-alcohol motifs (C(OH)–C–C–N with tert-alkyl or cyclic N) is 1. The van der Waals surface area contributed by atoms with E-state index in [1.54, 1.807) is 30.0 Å². The van der Waals surface area contributed by atoms with E-state index in [1.807, 2.05) is 12.1 Å². The molecule has 3 rings (SSSR count). The summed E-state index contributed by atoms with van der Waals surface area (Å²) in [6.45, 7) is 5.10. The fourth-order valence-corrected chi connectivity index (χ4v) is 3.01. The van der Waals surface area contributed by atoms with Gasteiger partial charge in [0.1, 0.15) is 5.69 Å². The van der Waals surface area contributed by atoms with Gasteiger partial charge in [0.05, 0.1) is 6.10 Å². The lowest BCUT2D eigenvalue weighted by molar-refractivity contribution is 0.0520. The number of carbonyl (C=O) groups is 1. The third-order valence-corrected chi connectivity index (χ3v) is 4.26. The van der Waals surface area contributed by atoms with Gasteiger partial charge in [-0.1, -0.05) is 28.9 Å². The van der Waals surface area contributed by atoms with E-state index in [9.17, 15) is 9.90 Å². The molecule has 1 fully saturated rings. The van der Waals surface area contributed by atoms with Crippen LogP contribution >= 0.6 is 11.6 Å². The van der Waals surface area contributed by atoms with Gasteiger partial charge in [0.15, 0.2) is 0 Å². The van der Waals surface area contributed by atoms with Crippen LogP contribution in [-0.2, 0) is 0 Å². The van der Waals surface area contributed by atoms with Crippen LogP contribution in [-0.4, -0.2) is 64.8 Å². The number of benzene rings is 1. The lowest BCUT2D eigenvalue weighted by Gasteiger charge is -2.34. The van der Waals surface area contributed by atoms with Gasteiger partial charge < -0.3 is 14.5 Å². The largest absolute Gasteiger partial charge is 0.392 e. The highest BCUT2D eigenvalue weighted by Gasteiger charge is 2.25. The molecule has 7 heteroatoms. The van der Waals surface area contributed by atoms with E-state index in [2.05, 4.69) is 10.1 Å². The van der Waals surface area contributed by atoms with Gasteiger partial charge in [-0.25, -0.2) is 0 Å². The number of aliphatic hydroxyl groups is 1. The van der Waals surface area contributed by atoms with Crippen molar-refractivity contribution in [1.82, 2.24) is 15.0 Å². The van der Waals surface area contributed by atoms with Crippen LogP contribution in [0.3, 0.4) is 0 Å². The number of piperazine rings is 1. The predicted molar refractivity (Wildman–Crippen MR) is 91.0 cm³/mol. The first-order chi connectivity index (χ1) is 11.5. The molecule has 0 bridgehead atoms. The Bertz CT molecular complexity index is 709. The summed E-state index contributed by atoms with van der Waals surface area (Å²) in [5.41, 5.74) is 1.40. The summed E-state index contributed by atoms with van der Waals surface area (Å²) < 4.78 is 5.23. The third-order valence-electron chi connectivity index (χ3n) is 4.02. The van der Waals surface area contributed by atoms with Gasteiger partial charge in [-0.15, -0.1) is 0 Å². The minimum absolute atomic E-state index is 0.160. The Kier molecular flexibility index (Phi) is 5.18. The molecule has 1 aliphatic heterocycles. The van der Waals surface area contributed by atoms with Crippen LogP contribution in [0.1, 0.15) is 17.5 Å². The van der Waals surface area contributed by atoms with E-state index in [0.29, 0.717) is 30.4 Å². The van der Waals surface area contributed by atoms with E-state index in [-0.39, 0.29) is 17.8 Å². The van der Waals surface area contributed by atoms with Gasteiger partial charge in [-0.05, 0) is 19.1 Å². The lowest BCUT2D eigenvalue weighted by Crippen LogP contribution is -2.50. The van der Waals surface area contributed by atoms with Crippen molar-refractivity contribution in [1.29, 1.82) is 0 Å². The van der Waals surface area contributed by atoms with Crippen molar-refractivity contribution >= 4 is 17.5 Å². The second kappa shape index (κ2) is 7.34. The molecule has 0 spiro atoms. The molecule has 1 atom stereocenters. The van der Waals surface area contributed by atoms with Gasteiger partial charge in [-0.2, -0.15) is 0 Å². The molecule has 128 valence electrons. The molecule has 6 nitrogen and oxygen atoms in total. The topological polar surface area (TPSA) is 69.8 Å². The zero-order chi connectivity index (χ0) is 17.1. The summed E-state index contributed by atoms with van der Waals surface area (Å²) in [5.74, 6) is 0.0708. The van der Waals surface area contributed by atoms with Gasteiger partial charge in [0.2, 0.25) is 5.76 Å². The zero-order valence-corrected chi connectivity index (χ0v) is 14.2. The Labute approximate surface area is 145 Å². The predicted octanol–water partition coefficient (Wildman–Crippen LogP) is 2.13. The first kappa shape index (κ1) is 17.0. The van der Waals surface area contributed by atoms with E-state index < -0.39 is 0 Å². The van der Waals surface area contributed by atoms with Crippen LogP contribution in [0.25, 0.3) is 11.3 Å². The first-order valence-electron chi connectivity index (χ1n) is 7.95. The summed E-state index contributed by atoms with van der Waals surface area (Å²) in [7, 11) is 0. The first-order valence-corrected chi connectivity index (χ1v) is 8.33. The Morgan fingerprint density at radius 2 is 2.08 bits per heavy atom. The SMILES string of the molecule is C[C@@H](O)CN1CCN(C(=O)c2cc(-c3cccc(Cl)c3)no2)CC1. The number of aromatic nitrogens is 1. The summed E-state index contributed by atoms with van der Waals surface area (Å²) >= 11 is 5.98. The highest BCUT2D eigenvalue weighted by Crippen LogP contribution is 2.23. The van der Waals surface area contributed by atoms with Crippen LogP contribution in [0.4, 0.5) is 0 Å². The highest BCUT2D eigenvalue weighted by molar-refractivity contribution is 6.30. The van der Waals surface area contributed by atoms with E-state index in [1.165, 1.54) is 0 Å². The van der Waals surface area contributed by atoms with Gasteiger partial charge in [-0.3, -0.25) is 9.69 Å². The smallest absolute Gasteiger partial charge is 0.292 e. The van der Waals surface area contributed by atoms with Crippen molar-refractivity contribution in [3.63, 3.8) is 0 Å². The second-order valence-electron chi connectivity index (χ2n) is 6.03. The maximum Gasteiger partial charge on any atom is 0.292 e. The average Bonchev–Trinajstić information content (AvgIpc) is 3.04. The summed E-state index contributed by atoms with van der Waals surface area (Å²) in [4.78, 5) is 16.4. The molecule has 0 saturated carbocycles. The van der Waals surface area contributed by atoms with E-state index in [4.69, 9.17) is 16.1 Å². The molecule has 0 radical (unpaired) electrons. The average molecular weight is 350 g/mol. The number of amides is 1. The molecular weight excluding hydrogens is 330 g/mol. The maximum atomic E-state index is 12.5. The minimum Gasteiger partial charge on any atom is -0.392 e. The number of hydrogen-bond donors (Lipinski definition) is 1. The fraction of sp³-hybridized carbons (Fsp3) is 0.412. The Hall–Kier alpha value is -1.89. The van der Waals surface area contributed by atoms with Crippen LogP contribution in [0, 0.1) is 0 Å². The maximum absolute atomic E-state index is 12.5. The number of aliphatic hydroxyl groups excluding tert-OH is 1. The molecule has 0 unspecified atom stereocenters. The Morgan fingerprint density at radius 1 is 1.33 bits per heavy atom. The van der Waals surface area contributed by atoms with E-state index >= 15 is 0 Å². The quantitative estimate of drug-likeness (QED) is 0.915. The second-order valence-corrected chi connectivity index (χ2v) is 6.47. The van der Waals surface area contributed by atoms with Crippen LogP contribution in [0.15, 0.2) is 34.9 Å². The van der Waals surface area contributed by atoms with Crippen LogP contribution in [0.2, 0.25) is 5.02 Å². The van der Waals surface area contributed by atoms with Crippen molar-refractivity contribution < 1.29 is 14.4 Å². The van der Waals surface area contributed by atoms with Crippen molar-refractivity contribution in [2.75, 3.05) is 32.7 Å². The van der Waals surface area contributed by atoms with Crippen molar-refractivity contribution in [3.05, 3.63) is 41.1 Å².